The van der Waals surface area contributed by atoms with Crippen LogP contribution in [0.4, 0.5) is 19.4 Å². The lowest BCUT2D eigenvalue weighted by Crippen LogP contribution is -2.44. The summed E-state index contributed by atoms with van der Waals surface area (Å²) in [6.45, 7) is 0.901. The summed E-state index contributed by atoms with van der Waals surface area (Å²) in [6, 6.07) is 5.86. The van der Waals surface area contributed by atoms with Gasteiger partial charge >= 0.3 is 6.03 Å². The molecule has 7 nitrogen and oxygen atoms in total. The normalized spacial score (nSPS) is 15.0. The van der Waals surface area contributed by atoms with Crippen molar-refractivity contribution < 1.29 is 18.3 Å². The van der Waals surface area contributed by atoms with Crippen LogP contribution in [0.25, 0.3) is 0 Å². The van der Waals surface area contributed by atoms with Crippen molar-refractivity contribution in [3.63, 3.8) is 0 Å². The van der Waals surface area contributed by atoms with Gasteiger partial charge in [-0.3, -0.25) is 10.1 Å². The van der Waals surface area contributed by atoms with E-state index >= 15 is 0 Å². The Bertz CT molecular complexity index is 863. The van der Waals surface area contributed by atoms with E-state index in [2.05, 4.69) is 10.4 Å². The highest BCUT2D eigenvalue weighted by atomic mass is 19.2. The molecule has 2 amide bonds. The number of rotatable bonds is 3. The van der Waals surface area contributed by atoms with Crippen molar-refractivity contribution in [2.45, 2.75) is 18.9 Å². The molecule has 1 aliphatic rings. The zero-order valence-electron chi connectivity index (χ0n) is 14.1. The van der Waals surface area contributed by atoms with Gasteiger partial charge in [0.15, 0.2) is 17.5 Å². The molecule has 1 aliphatic heterocycles. The number of piperidine rings is 1. The number of benzene rings is 1. The minimum atomic E-state index is -0.955. The number of carbonyl (C=O) groups is 1. The van der Waals surface area contributed by atoms with E-state index in [-0.39, 0.29) is 29.3 Å². The summed E-state index contributed by atoms with van der Waals surface area (Å²) >= 11 is 0. The van der Waals surface area contributed by atoms with Crippen LogP contribution in [0.15, 0.2) is 35.1 Å². The van der Waals surface area contributed by atoms with E-state index in [1.807, 2.05) is 0 Å². The van der Waals surface area contributed by atoms with Gasteiger partial charge < -0.3 is 9.64 Å². The number of ether oxygens (including phenoxy) is 1. The Balaban J connectivity index is 1.52. The number of carbonyl (C=O) groups excluding carboxylic acids is 1. The summed E-state index contributed by atoms with van der Waals surface area (Å²) in [5.74, 6) is -1.32. The van der Waals surface area contributed by atoms with Crippen LogP contribution in [0, 0.1) is 11.6 Å². The van der Waals surface area contributed by atoms with E-state index in [0.29, 0.717) is 25.9 Å². The van der Waals surface area contributed by atoms with Crippen molar-refractivity contribution in [2.24, 2.45) is 7.05 Å². The highest BCUT2D eigenvalue weighted by Crippen LogP contribution is 2.21. The molecule has 138 valence electrons. The van der Waals surface area contributed by atoms with Crippen LogP contribution in [0.2, 0.25) is 0 Å². The zero-order chi connectivity index (χ0) is 18.7. The van der Waals surface area contributed by atoms with E-state index in [9.17, 15) is 18.4 Å². The Labute approximate surface area is 148 Å². The van der Waals surface area contributed by atoms with Crippen molar-refractivity contribution in [1.82, 2.24) is 14.7 Å². The van der Waals surface area contributed by atoms with Gasteiger partial charge in [0.05, 0.1) is 0 Å². The van der Waals surface area contributed by atoms with Gasteiger partial charge in [0.1, 0.15) is 11.9 Å². The lowest BCUT2D eigenvalue weighted by atomic mass is 10.1. The van der Waals surface area contributed by atoms with Crippen LogP contribution in [-0.2, 0) is 7.05 Å². The predicted octanol–water partition coefficient (Wildman–Crippen LogP) is 2.13. The number of nitrogens with one attached hydrogen (secondary N) is 1. The van der Waals surface area contributed by atoms with Gasteiger partial charge in [-0.25, -0.2) is 18.3 Å². The maximum absolute atomic E-state index is 13.2. The zero-order valence-corrected chi connectivity index (χ0v) is 14.1. The molecule has 3 rings (SSSR count). The number of hydrogen-bond donors (Lipinski definition) is 1. The number of amides is 2. The topological polar surface area (TPSA) is 76.5 Å². The van der Waals surface area contributed by atoms with E-state index in [0.717, 1.165) is 16.8 Å². The number of aromatic nitrogens is 2. The molecule has 26 heavy (non-hydrogen) atoms. The van der Waals surface area contributed by atoms with Crippen molar-refractivity contribution in [3.05, 3.63) is 52.3 Å². The Kier molecular flexibility index (Phi) is 5.15. The first-order valence-corrected chi connectivity index (χ1v) is 8.14. The molecule has 0 atom stereocenters. The highest BCUT2D eigenvalue weighted by Gasteiger charge is 2.24. The molecule has 1 saturated heterocycles. The maximum atomic E-state index is 13.2. The third kappa shape index (κ3) is 4.16. The molecule has 9 heteroatoms. The number of halogens is 2. The minimum absolute atomic E-state index is 0.181. The molecule has 0 saturated carbocycles. The summed E-state index contributed by atoms with van der Waals surface area (Å²) in [6.07, 6.45) is 0.944. The first-order valence-electron chi connectivity index (χ1n) is 8.14. The van der Waals surface area contributed by atoms with Crippen molar-refractivity contribution >= 4 is 11.8 Å². The van der Waals surface area contributed by atoms with Gasteiger partial charge in [-0.1, -0.05) is 0 Å². The van der Waals surface area contributed by atoms with Gasteiger partial charge in [0, 0.05) is 45.1 Å². The summed E-state index contributed by atoms with van der Waals surface area (Å²) in [5.41, 5.74) is -0.266. The van der Waals surface area contributed by atoms with E-state index in [1.54, 1.807) is 4.90 Å². The Morgan fingerprint density at radius 1 is 1.19 bits per heavy atom. The Morgan fingerprint density at radius 3 is 2.58 bits per heavy atom. The molecular formula is C17H18F2N4O3. The molecule has 1 fully saturated rings. The van der Waals surface area contributed by atoms with Crippen LogP contribution >= 0.6 is 0 Å². The molecule has 1 aromatic carbocycles. The molecule has 0 spiro atoms. The quantitative estimate of drug-likeness (QED) is 0.905. The first kappa shape index (κ1) is 17.8. The van der Waals surface area contributed by atoms with Gasteiger partial charge in [-0.15, -0.1) is 0 Å². The van der Waals surface area contributed by atoms with Gasteiger partial charge in [0.2, 0.25) is 0 Å². The smallest absolute Gasteiger partial charge is 0.323 e. The largest absolute Gasteiger partial charge is 0.490 e. The van der Waals surface area contributed by atoms with Crippen LogP contribution in [0.5, 0.6) is 5.75 Å². The molecule has 2 heterocycles. The van der Waals surface area contributed by atoms with Crippen LogP contribution in [-0.4, -0.2) is 39.9 Å². The second-order valence-electron chi connectivity index (χ2n) is 5.99. The standard InChI is InChI=1S/C17H18F2N4O3/c1-22-16(24)5-4-15(21-22)20-17(25)23-8-6-11(7-9-23)26-12-2-3-13(18)14(19)10-12/h2-5,10-11H,6-9H2,1H3,(H,20,21,25). The SMILES string of the molecule is Cn1nc(NC(=O)N2CCC(Oc3ccc(F)c(F)c3)CC2)ccc1=O. The second-order valence-corrected chi connectivity index (χ2v) is 5.99. The van der Waals surface area contributed by atoms with Crippen LogP contribution in [0.1, 0.15) is 12.8 Å². The second kappa shape index (κ2) is 7.51. The lowest BCUT2D eigenvalue weighted by Gasteiger charge is -2.32. The molecule has 0 radical (unpaired) electrons. The number of hydrogen-bond acceptors (Lipinski definition) is 4. The number of likely N-dealkylation sites (tertiary alicyclic amines) is 1. The molecule has 0 bridgehead atoms. The molecule has 0 unspecified atom stereocenters. The number of aryl methyl sites for hydroxylation is 1. The first-order chi connectivity index (χ1) is 12.4. The summed E-state index contributed by atoms with van der Waals surface area (Å²) in [7, 11) is 1.50. The minimum Gasteiger partial charge on any atom is -0.490 e. The van der Waals surface area contributed by atoms with Crippen molar-refractivity contribution in [1.29, 1.82) is 0 Å². The number of urea groups is 1. The fourth-order valence-corrected chi connectivity index (χ4v) is 2.68. The number of nitrogens with zero attached hydrogens (tertiary/aromatic N) is 3. The summed E-state index contributed by atoms with van der Waals surface area (Å²) in [5, 5.41) is 6.59. The fourth-order valence-electron chi connectivity index (χ4n) is 2.68. The fraction of sp³-hybridized carbons (Fsp3) is 0.353. The highest BCUT2D eigenvalue weighted by molar-refractivity contribution is 5.88. The average molecular weight is 364 g/mol. The predicted molar refractivity (Wildman–Crippen MR) is 90.1 cm³/mol. The summed E-state index contributed by atoms with van der Waals surface area (Å²) in [4.78, 5) is 25.2. The van der Waals surface area contributed by atoms with Gasteiger partial charge in [-0.05, 0) is 18.2 Å². The van der Waals surface area contributed by atoms with Gasteiger partial charge in [0.25, 0.3) is 5.56 Å². The Morgan fingerprint density at radius 2 is 1.92 bits per heavy atom. The van der Waals surface area contributed by atoms with Crippen molar-refractivity contribution in [2.75, 3.05) is 18.4 Å². The molecule has 1 aromatic heterocycles. The third-order valence-corrected chi connectivity index (χ3v) is 4.12. The van der Waals surface area contributed by atoms with Gasteiger partial charge in [-0.2, -0.15) is 5.10 Å². The molecular weight excluding hydrogens is 346 g/mol. The van der Waals surface area contributed by atoms with E-state index in [4.69, 9.17) is 4.74 Å². The summed E-state index contributed by atoms with van der Waals surface area (Å²) < 4.78 is 32.9. The Hall–Kier alpha value is -2.97. The third-order valence-electron chi connectivity index (χ3n) is 4.12. The van der Waals surface area contributed by atoms with Crippen LogP contribution in [0.3, 0.4) is 0 Å². The van der Waals surface area contributed by atoms with Crippen molar-refractivity contribution in [3.8, 4) is 5.75 Å². The lowest BCUT2D eigenvalue weighted by molar-refractivity contribution is 0.115. The molecule has 2 aromatic rings. The van der Waals surface area contributed by atoms with Crippen LogP contribution < -0.4 is 15.6 Å². The number of anilines is 1. The molecule has 1 N–H and O–H groups in total. The maximum Gasteiger partial charge on any atom is 0.323 e. The van der Waals surface area contributed by atoms with E-state index < -0.39 is 11.6 Å². The van der Waals surface area contributed by atoms with E-state index in [1.165, 1.54) is 25.2 Å². The monoisotopic (exact) mass is 364 g/mol. The average Bonchev–Trinajstić information content (AvgIpc) is 2.62. The molecule has 0 aliphatic carbocycles.